The van der Waals surface area contributed by atoms with Gasteiger partial charge in [0.05, 0.1) is 0 Å². The molecule has 1 aliphatic heterocycles. The van der Waals surface area contributed by atoms with Crippen LogP contribution in [-0.4, -0.2) is 47.9 Å². The molecule has 1 amide bonds. The number of piperidine rings is 1. The monoisotopic (exact) mass is 378 g/mol. The van der Waals surface area contributed by atoms with Gasteiger partial charge in [0.15, 0.2) is 5.82 Å². The van der Waals surface area contributed by atoms with Crippen LogP contribution in [0.5, 0.6) is 0 Å². The van der Waals surface area contributed by atoms with E-state index in [-0.39, 0.29) is 11.9 Å². The molecular weight excluding hydrogens is 352 g/mol. The summed E-state index contributed by atoms with van der Waals surface area (Å²) < 4.78 is 3.70. The fourth-order valence-electron chi connectivity index (χ4n) is 4.00. The topological polar surface area (TPSA) is 68.8 Å². The lowest BCUT2D eigenvalue weighted by atomic mass is 9.97. The molecule has 4 rings (SSSR count). The largest absolute Gasteiger partial charge is 0.336 e. The molecule has 0 N–H and O–H groups in total. The van der Waals surface area contributed by atoms with Gasteiger partial charge in [0.2, 0.25) is 0 Å². The average Bonchev–Trinajstić information content (AvgIpc) is 3.35. The van der Waals surface area contributed by atoms with Crippen LogP contribution in [0, 0.1) is 6.92 Å². The van der Waals surface area contributed by atoms with Crippen LogP contribution in [0.25, 0.3) is 11.4 Å². The third-order valence-corrected chi connectivity index (χ3v) is 5.38. The zero-order valence-corrected chi connectivity index (χ0v) is 16.5. The Morgan fingerprint density at radius 3 is 2.89 bits per heavy atom. The summed E-state index contributed by atoms with van der Waals surface area (Å²) in [5.41, 5.74) is 1.63. The predicted octanol–water partition coefficient (Wildman–Crippen LogP) is 3.07. The van der Waals surface area contributed by atoms with Gasteiger partial charge in [-0.05, 0) is 50.8 Å². The predicted molar refractivity (Wildman–Crippen MR) is 107 cm³/mol. The van der Waals surface area contributed by atoms with Gasteiger partial charge >= 0.3 is 0 Å². The van der Waals surface area contributed by atoms with Crippen LogP contribution >= 0.6 is 0 Å². The Morgan fingerprint density at radius 1 is 1.25 bits per heavy atom. The van der Waals surface area contributed by atoms with Crippen molar-refractivity contribution in [3.8, 4) is 11.4 Å². The number of amides is 1. The van der Waals surface area contributed by atoms with E-state index in [4.69, 9.17) is 0 Å². The second-order valence-corrected chi connectivity index (χ2v) is 7.39. The van der Waals surface area contributed by atoms with Crippen molar-refractivity contribution in [2.45, 2.75) is 45.2 Å². The quantitative estimate of drug-likeness (QED) is 0.684. The minimum Gasteiger partial charge on any atom is -0.336 e. The Balaban J connectivity index is 1.53. The number of hydrogen-bond donors (Lipinski definition) is 0. The molecule has 1 fully saturated rings. The highest BCUT2D eigenvalue weighted by atomic mass is 16.2. The maximum absolute atomic E-state index is 13.3. The Bertz CT molecular complexity index is 946. The Labute approximate surface area is 165 Å². The van der Waals surface area contributed by atoms with Crippen LogP contribution in [0.3, 0.4) is 0 Å². The number of aryl methyl sites for hydroxylation is 3. The molecule has 1 aromatic carbocycles. The van der Waals surface area contributed by atoms with Gasteiger partial charge in [-0.25, -0.2) is 9.67 Å². The van der Waals surface area contributed by atoms with Crippen molar-refractivity contribution in [2.75, 3.05) is 6.54 Å². The minimum atomic E-state index is 0.103. The van der Waals surface area contributed by atoms with Crippen molar-refractivity contribution >= 4 is 5.91 Å². The lowest BCUT2D eigenvalue weighted by molar-refractivity contribution is 0.0594. The number of carbonyl (C=O) groups excluding carboxylic acids is 1. The maximum Gasteiger partial charge on any atom is 0.254 e. The fourth-order valence-corrected chi connectivity index (χ4v) is 4.00. The normalized spacial score (nSPS) is 17.1. The lowest BCUT2D eigenvalue weighted by Gasteiger charge is -2.36. The van der Waals surface area contributed by atoms with Crippen LogP contribution in [0.15, 0.2) is 42.7 Å². The van der Waals surface area contributed by atoms with Crippen LogP contribution < -0.4 is 0 Å². The number of likely N-dealkylation sites (tertiary alicyclic amines) is 1. The summed E-state index contributed by atoms with van der Waals surface area (Å²) in [5.74, 6) is 1.61. The SMILES string of the molecule is Cc1nc(-c2cccc(C(=O)N3CCCC[C@H]3CCn3cccn3)c2)n(C)n1. The van der Waals surface area contributed by atoms with E-state index in [1.54, 1.807) is 10.9 Å². The van der Waals surface area contributed by atoms with E-state index in [0.717, 1.165) is 49.6 Å². The zero-order valence-electron chi connectivity index (χ0n) is 16.5. The standard InChI is InChI=1S/C21H26N6O/c1-16-23-20(25(2)24-16)17-7-5-8-18(15-17)21(28)27-13-4-3-9-19(27)10-14-26-12-6-11-22-26/h5-8,11-12,15,19H,3-4,9-10,13-14H2,1-2H3/t19-/m0/s1. The van der Waals surface area contributed by atoms with Crippen molar-refractivity contribution in [3.63, 3.8) is 0 Å². The Morgan fingerprint density at radius 2 is 2.14 bits per heavy atom. The number of carbonyl (C=O) groups is 1. The summed E-state index contributed by atoms with van der Waals surface area (Å²) in [5, 5.41) is 8.60. The van der Waals surface area contributed by atoms with Gasteiger partial charge in [0.1, 0.15) is 5.82 Å². The summed E-state index contributed by atoms with van der Waals surface area (Å²) in [6.07, 6.45) is 7.98. The molecule has 0 bridgehead atoms. The summed E-state index contributed by atoms with van der Waals surface area (Å²) >= 11 is 0. The van der Waals surface area contributed by atoms with Gasteiger partial charge in [-0.1, -0.05) is 12.1 Å². The highest BCUT2D eigenvalue weighted by molar-refractivity contribution is 5.95. The van der Waals surface area contributed by atoms with Crippen LogP contribution in [-0.2, 0) is 13.6 Å². The van der Waals surface area contributed by atoms with E-state index in [2.05, 4.69) is 15.2 Å². The van der Waals surface area contributed by atoms with Crippen molar-refractivity contribution in [3.05, 3.63) is 54.1 Å². The van der Waals surface area contributed by atoms with E-state index in [1.807, 2.05) is 60.1 Å². The van der Waals surface area contributed by atoms with Gasteiger partial charge in [-0.2, -0.15) is 10.2 Å². The summed E-state index contributed by atoms with van der Waals surface area (Å²) in [7, 11) is 1.87. The first-order chi connectivity index (χ1) is 13.6. The first-order valence-corrected chi connectivity index (χ1v) is 9.88. The molecule has 0 radical (unpaired) electrons. The molecule has 28 heavy (non-hydrogen) atoms. The van der Waals surface area contributed by atoms with E-state index < -0.39 is 0 Å². The third-order valence-electron chi connectivity index (χ3n) is 5.38. The minimum absolute atomic E-state index is 0.103. The maximum atomic E-state index is 13.3. The average molecular weight is 378 g/mol. The highest BCUT2D eigenvalue weighted by Crippen LogP contribution is 2.24. The number of rotatable bonds is 5. The molecule has 0 spiro atoms. The molecule has 1 atom stereocenters. The molecule has 0 unspecified atom stereocenters. The second-order valence-electron chi connectivity index (χ2n) is 7.39. The Hall–Kier alpha value is -2.96. The molecule has 3 heterocycles. The van der Waals surface area contributed by atoms with Crippen molar-refractivity contribution in [2.24, 2.45) is 7.05 Å². The van der Waals surface area contributed by atoms with E-state index in [1.165, 1.54) is 6.42 Å². The van der Waals surface area contributed by atoms with Crippen LogP contribution in [0.2, 0.25) is 0 Å². The summed E-state index contributed by atoms with van der Waals surface area (Å²) in [4.78, 5) is 19.8. The van der Waals surface area contributed by atoms with Crippen LogP contribution in [0.1, 0.15) is 41.9 Å². The molecule has 2 aromatic heterocycles. The first-order valence-electron chi connectivity index (χ1n) is 9.88. The Kier molecular flexibility index (Phi) is 5.23. The molecule has 0 aliphatic carbocycles. The third kappa shape index (κ3) is 3.83. The number of benzene rings is 1. The molecule has 1 aliphatic rings. The van der Waals surface area contributed by atoms with Gasteiger partial charge in [0, 0.05) is 49.7 Å². The van der Waals surface area contributed by atoms with Gasteiger partial charge in [0.25, 0.3) is 5.91 Å². The molecule has 0 saturated carbocycles. The molecule has 7 heteroatoms. The molecule has 1 saturated heterocycles. The van der Waals surface area contributed by atoms with E-state index in [9.17, 15) is 4.79 Å². The van der Waals surface area contributed by atoms with E-state index in [0.29, 0.717) is 5.56 Å². The first kappa shape index (κ1) is 18.4. The lowest BCUT2D eigenvalue weighted by Crippen LogP contribution is -2.44. The van der Waals surface area contributed by atoms with Crippen molar-refractivity contribution < 1.29 is 4.79 Å². The van der Waals surface area contributed by atoms with Gasteiger partial charge in [-0.3, -0.25) is 9.48 Å². The molecule has 146 valence electrons. The number of aromatic nitrogens is 5. The van der Waals surface area contributed by atoms with Crippen molar-refractivity contribution in [1.29, 1.82) is 0 Å². The van der Waals surface area contributed by atoms with Crippen molar-refractivity contribution in [1.82, 2.24) is 29.4 Å². The van der Waals surface area contributed by atoms with Gasteiger partial charge in [-0.15, -0.1) is 0 Å². The van der Waals surface area contributed by atoms with Gasteiger partial charge < -0.3 is 4.90 Å². The smallest absolute Gasteiger partial charge is 0.254 e. The second kappa shape index (κ2) is 7.96. The molecular formula is C21H26N6O. The number of nitrogens with zero attached hydrogens (tertiary/aromatic N) is 6. The highest BCUT2D eigenvalue weighted by Gasteiger charge is 2.27. The summed E-state index contributed by atoms with van der Waals surface area (Å²) in [6, 6.07) is 9.93. The molecule has 7 nitrogen and oxygen atoms in total. The number of hydrogen-bond acceptors (Lipinski definition) is 4. The van der Waals surface area contributed by atoms with E-state index >= 15 is 0 Å². The fraction of sp³-hybridized carbons (Fsp3) is 0.429. The van der Waals surface area contributed by atoms with Crippen LogP contribution in [0.4, 0.5) is 0 Å². The summed E-state index contributed by atoms with van der Waals surface area (Å²) in [6.45, 7) is 3.52. The molecule has 3 aromatic rings. The zero-order chi connectivity index (χ0) is 19.5.